The summed E-state index contributed by atoms with van der Waals surface area (Å²) in [5.74, 6) is 0. The molecule has 0 radical (unpaired) electrons. The monoisotopic (exact) mass is 278 g/mol. The Balaban J connectivity index is 1.87. The summed E-state index contributed by atoms with van der Waals surface area (Å²) in [6.45, 7) is 2.97. The average Bonchev–Trinajstić information content (AvgIpc) is 3.00. The molecule has 2 heterocycles. The standard InChI is InChI=1S/C13H14N2OS2/c1-13(16,12-3-2-4-17-12)9-15-7-11-5-10(6-14)8-18-11/h2-5,8,15-16H,7,9H2,1H3. The first-order valence-electron chi connectivity index (χ1n) is 5.56. The van der Waals surface area contributed by atoms with Crippen molar-refractivity contribution in [2.24, 2.45) is 0 Å². The molecule has 0 saturated heterocycles. The van der Waals surface area contributed by atoms with Crippen molar-refractivity contribution >= 4 is 22.7 Å². The molecule has 0 aliphatic heterocycles. The van der Waals surface area contributed by atoms with Crippen molar-refractivity contribution in [3.05, 3.63) is 44.3 Å². The molecule has 0 aliphatic carbocycles. The Labute approximate surface area is 114 Å². The van der Waals surface area contributed by atoms with Gasteiger partial charge in [0.05, 0.1) is 5.56 Å². The van der Waals surface area contributed by atoms with Crippen LogP contribution in [0.4, 0.5) is 0 Å². The Hall–Kier alpha value is -1.19. The van der Waals surface area contributed by atoms with E-state index >= 15 is 0 Å². The maximum Gasteiger partial charge on any atom is 0.108 e. The van der Waals surface area contributed by atoms with E-state index in [1.54, 1.807) is 29.6 Å². The first kappa shape index (κ1) is 13.2. The molecule has 2 rings (SSSR count). The van der Waals surface area contributed by atoms with E-state index in [1.807, 2.05) is 29.0 Å². The minimum atomic E-state index is -0.844. The lowest BCUT2D eigenvalue weighted by molar-refractivity contribution is 0.0605. The molecule has 1 unspecified atom stereocenters. The SMILES string of the molecule is CC(O)(CNCc1cc(C#N)cs1)c1cccs1. The molecule has 94 valence electrons. The van der Waals surface area contributed by atoms with Crippen molar-refractivity contribution < 1.29 is 5.11 Å². The normalized spacial score (nSPS) is 14.1. The quantitative estimate of drug-likeness (QED) is 0.884. The molecule has 0 fully saturated rings. The highest BCUT2D eigenvalue weighted by Gasteiger charge is 2.23. The van der Waals surface area contributed by atoms with Crippen molar-refractivity contribution in [3.8, 4) is 6.07 Å². The Morgan fingerprint density at radius 1 is 1.50 bits per heavy atom. The second kappa shape index (κ2) is 5.63. The predicted octanol–water partition coefficient (Wildman–Crippen LogP) is 2.68. The first-order valence-corrected chi connectivity index (χ1v) is 7.32. The molecule has 0 aliphatic rings. The maximum absolute atomic E-state index is 10.3. The number of nitrogens with zero attached hydrogens (tertiary/aromatic N) is 1. The zero-order valence-corrected chi connectivity index (χ0v) is 11.6. The molecule has 18 heavy (non-hydrogen) atoms. The topological polar surface area (TPSA) is 56.0 Å². The summed E-state index contributed by atoms with van der Waals surface area (Å²) >= 11 is 3.11. The van der Waals surface area contributed by atoms with Crippen LogP contribution in [-0.4, -0.2) is 11.7 Å². The summed E-state index contributed by atoms with van der Waals surface area (Å²) in [6.07, 6.45) is 0. The Morgan fingerprint density at radius 3 is 2.94 bits per heavy atom. The van der Waals surface area contributed by atoms with Crippen LogP contribution in [0.1, 0.15) is 22.2 Å². The number of rotatable bonds is 5. The van der Waals surface area contributed by atoms with Gasteiger partial charge in [-0.3, -0.25) is 0 Å². The highest BCUT2D eigenvalue weighted by molar-refractivity contribution is 7.10. The Bertz CT molecular complexity index is 538. The summed E-state index contributed by atoms with van der Waals surface area (Å²) < 4.78 is 0. The third-order valence-electron chi connectivity index (χ3n) is 2.60. The van der Waals surface area contributed by atoms with Crippen LogP contribution in [0.25, 0.3) is 0 Å². The van der Waals surface area contributed by atoms with Gasteiger partial charge in [-0.15, -0.1) is 22.7 Å². The van der Waals surface area contributed by atoms with Gasteiger partial charge in [-0.25, -0.2) is 0 Å². The van der Waals surface area contributed by atoms with Crippen molar-refractivity contribution in [2.45, 2.75) is 19.1 Å². The van der Waals surface area contributed by atoms with E-state index in [4.69, 9.17) is 5.26 Å². The molecule has 1 atom stereocenters. The average molecular weight is 278 g/mol. The van der Waals surface area contributed by atoms with E-state index < -0.39 is 5.60 Å². The van der Waals surface area contributed by atoms with Gasteiger partial charge in [0.15, 0.2) is 0 Å². The van der Waals surface area contributed by atoms with E-state index in [0.29, 0.717) is 18.7 Å². The zero-order valence-electron chi connectivity index (χ0n) is 10.0. The lowest BCUT2D eigenvalue weighted by Crippen LogP contribution is -2.34. The molecule has 0 spiro atoms. The number of hydrogen-bond donors (Lipinski definition) is 2. The van der Waals surface area contributed by atoms with Gasteiger partial charge < -0.3 is 10.4 Å². The molecule has 3 nitrogen and oxygen atoms in total. The fraction of sp³-hybridized carbons (Fsp3) is 0.308. The van der Waals surface area contributed by atoms with Crippen LogP contribution < -0.4 is 5.32 Å². The third kappa shape index (κ3) is 3.18. The fourth-order valence-electron chi connectivity index (χ4n) is 1.63. The second-order valence-corrected chi connectivity index (χ2v) is 6.21. The van der Waals surface area contributed by atoms with Crippen LogP contribution in [0.15, 0.2) is 29.0 Å². The molecule has 2 aromatic rings. The van der Waals surface area contributed by atoms with Crippen LogP contribution in [0.3, 0.4) is 0 Å². The van der Waals surface area contributed by atoms with Crippen LogP contribution in [-0.2, 0) is 12.1 Å². The van der Waals surface area contributed by atoms with Gasteiger partial charge in [-0.05, 0) is 24.4 Å². The van der Waals surface area contributed by atoms with Gasteiger partial charge in [-0.1, -0.05) is 6.07 Å². The third-order valence-corrected chi connectivity index (χ3v) is 4.66. The van der Waals surface area contributed by atoms with Gasteiger partial charge in [-0.2, -0.15) is 5.26 Å². The fourth-order valence-corrected chi connectivity index (χ4v) is 3.20. The van der Waals surface area contributed by atoms with Crippen molar-refractivity contribution in [3.63, 3.8) is 0 Å². The molecule has 2 aromatic heterocycles. The molecule has 0 amide bonds. The number of nitriles is 1. The number of aliphatic hydroxyl groups is 1. The van der Waals surface area contributed by atoms with E-state index in [-0.39, 0.29) is 0 Å². The Morgan fingerprint density at radius 2 is 2.33 bits per heavy atom. The van der Waals surface area contributed by atoms with Gasteiger partial charge >= 0.3 is 0 Å². The van der Waals surface area contributed by atoms with Crippen LogP contribution in [0.2, 0.25) is 0 Å². The number of nitrogens with one attached hydrogen (secondary N) is 1. The lowest BCUT2D eigenvalue weighted by atomic mass is 10.1. The summed E-state index contributed by atoms with van der Waals surface area (Å²) in [7, 11) is 0. The van der Waals surface area contributed by atoms with Crippen LogP contribution >= 0.6 is 22.7 Å². The summed E-state index contributed by atoms with van der Waals surface area (Å²) in [4.78, 5) is 2.06. The highest BCUT2D eigenvalue weighted by Crippen LogP contribution is 2.24. The molecule has 0 saturated carbocycles. The second-order valence-electron chi connectivity index (χ2n) is 4.27. The molecule has 2 N–H and O–H groups in total. The summed E-state index contributed by atoms with van der Waals surface area (Å²) in [5.41, 5.74) is -0.148. The smallest absolute Gasteiger partial charge is 0.108 e. The highest BCUT2D eigenvalue weighted by atomic mass is 32.1. The Kier molecular flexibility index (Phi) is 4.15. The van der Waals surface area contributed by atoms with Gasteiger partial charge in [0.1, 0.15) is 11.7 Å². The summed E-state index contributed by atoms with van der Waals surface area (Å²) in [5, 5.41) is 26.1. The van der Waals surface area contributed by atoms with Crippen molar-refractivity contribution in [1.82, 2.24) is 5.32 Å². The van der Waals surface area contributed by atoms with Gasteiger partial charge in [0.2, 0.25) is 0 Å². The first-order chi connectivity index (χ1) is 8.62. The van der Waals surface area contributed by atoms with E-state index in [0.717, 1.165) is 9.75 Å². The van der Waals surface area contributed by atoms with Crippen molar-refractivity contribution in [2.75, 3.05) is 6.54 Å². The minimum Gasteiger partial charge on any atom is -0.383 e. The van der Waals surface area contributed by atoms with Gasteiger partial charge in [0.25, 0.3) is 0 Å². The minimum absolute atomic E-state index is 0.493. The largest absolute Gasteiger partial charge is 0.383 e. The lowest BCUT2D eigenvalue weighted by Gasteiger charge is -2.22. The number of hydrogen-bond acceptors (Lipinski definition) is 5. The van der Waals surface area contributed by atoms with Crippen molar-refractivity contribution in [1.29, 1.82) is 5.26 Å². The number of thiophene rings is 2. The maximum atomic E-state index is 10.3. The van der Waals surface area contributed by atoms with Crippen LogP contribution in [0, 0.1) is 11.3 Å². The van der Waals surface area contributed by atoms with E-state index in [2.05, 4.69) is 11.4 Å². The summed E-state index contributed by atoms with van der Waals surface area (Å²) in [6, 6.07) is 7.86. The van der Waals surface area contributed by atoms with Gasteiger partial charge in [0, 0.05) is 28.2 Å². The molecule has 0 bridgehead atoms. The molecular weight excluding hydrogens is 264 g/mol. The predicted molar refractivity (Wildman–Crippen MR) is 74.6 cm³/mol. The molecule has 5 heteroatoms. The van der Waals surface area contributed by atoms with Crippen LogP contribution in [0.5, 0.6) is 0 Å². The zero-order chi connectivity index (χ0) is 13.0. The van der Waals surface area contributed by atoms with E-state index in [9.17, 15) is 5.11 Å². The van der Waals surface area contributed by atoms with E-state index in [1.165, 1.54) is 0 Å². The molecule has 0 aromatic carbocycles. The molecular formula is C13H14N2OS2.